The van der Waals surface area contributed by atoms with Crippen molar-refractivity contribution < 1.29 is 28.2 Å². The maximum Gasteiger partial charge on any atom is 0.349 e. The minimum absolute atomic E-state index is 0.106. The van der Waals surface area contributed by atoms with Crippen molar-refractivity contribution in [3.63, 3.8) is 0 Å². The van der Waals surface area contributed by atoms with E-state index in [-0.39, 0.29) is 18.2 Å². The molecule has 160 valence electrons. The second-order valence-electron chi connectivity index (χ2n) is 6.45. The van der Waals surface area contributed by atoms with Crippen LogP contribution < -0.4 is 14.8 Å². The number of aromatic nitrogens is 1. The standard InChI is InChI=1S/C22H14FN3O5S/c23-16-4-2-14(3-5-16)17-11-32-22(25-17)26-20(27)10-29-21(28)15(9-24)7-13-1-6-18-19(8-13)31-12-30-18/h1-8,11H,10,12H2,(H,25,26,27). The Hall–Kier alpha value is -4.23. The highest BCUT2D eigenvalue weighted by Gasteiger charge is 2.17. The molecule has 0 atom stereocenters. The summed E-state index contributed by atoms with van der Waals surface area (Å²) >= 11 is 1.17. The van der Waals surface area contributed by atoms with Crippen molar-refractivity contribution in [1.82, 2.24) is 4.98 Å². The number of amides is 1. The molecule has 0 fully saturated rings. The van der Waals surface area contributed by atoms with E-state index in [9.17, 15) is 19.2 Å². The van der Waals surface area contributed by atoms with E-state index < -0.39 is 18.5 Å². The number of thiazole rings is 1. The molecule has 1 aliphatic heterocycles. The first-order valence-electron chi connectivity index (χ1n) is 9.22. The van der Waals surface area contributed by atoms with Gasteiger partial charge in [-0.15, -0.1) is 11.3 Å². The van der Waals surface area contributed by atoms with Gasteiger partial charge < -0.3 is 14.2 Å². The third kappa shape index (κ3) is 4.91. The summed E-state index contributed by atoms with van der Waals surface area (Å²) < 4.78 is 28.4. The average molecular weight is 451 g/mol. The summed E-state index contributed by atoms with van der Waals surface area (Å²) in [7, 11) is 0. The highest BCUT2D eigenvalue weighted by Crippen LogP contribution is 2.33. The molecule has 1 aromatic heterocycles. The maximum atomic E-state index is 13.0. The van der Waals surface area contributed by atoms with Crippen LogP contribution in [0.25, 0.3) is 17.3 Å². The van der Waals surface area contributed by atoms with Gasteiger partial charge in [-0.25, -0.2) is 14.2 Å². The Labute approximate surface area is 185 Å². The van der Waals surface area contributed by atoms with Crippen LogP contribution in [0.5, 0.6) is 11.5 Å². The molecule has 0 saturated carbocycles. The Morgan fingerprint density at radius 2 is 2.00 bits per heavy atom. The van der Waals surface area contributed by atoms with Crippen LogP contribution in [-0.4, -0.2) is 30.3 Å². The number of fused-ring (bicyclic) bond motifs is 1. The molecular formula is C22H14FN3O5S. The molecule has 10 heteroatoms. The van der Waals surface area contributed by atoms with Crippen molar-refractivity contribution in [3.05, 3.63) is 64.8 Å². The van der Waals surface area contributed by atoms with Crippen LogP contribution in [0, 0.1) is 17.1 Å². The molecular weight excluding hydrogens is 437 g/mol. The van der Waals surface area contributed by atoms with Crippen molar-refractivity contribution in [1.29, 1.82) is 5.26 Å². The molecule has 32 heavy (non-hydrogen) atoms. The van der Waals surface area contributed by atoms with Gasteiger partial charge in [0, 0.05) is 10.9 Å². The van der Waals surface area contributed by atoms with Gasteiger partial charge in [-0.05, 0) is 48.0 Å². The molecule has 4 rings (SSSR count). The van der Waals surface area contributed by atoms with Crippen LogP contribution in [0.1, 0.15) is 5.56 Å². The Kier molecular flexibility index (Phi) is 6.10. The van der Waals surface area contributed by atoms with E-state index in [0.29, 0.717) is 33.5 Å². The summed E-state index contributed by atoms with van der Waals surface area (Å²) in [4.78, 5) is 28.5. The number of halogens is 1. The molecule has 0 unspecified atom stereocenters. The second-order valence-corrected chi connectivity index (χ2v) is 7.31. The van der Waals surface area contributed by atoms with Gasteiger partial charge in [-0.2, -0.15) is 5.26 Å². The first kappa shape index (κ1) is 21.0. The zero-order valence-electron chi connectivity index (χ0n) is 16.3. The Balaban J connectivity index is 1.33. The predicted octanol–water partition coefficient (Wildman–Crippen LogP) is 3.77. The van der Waals surface area contributed by atoms with Gasteiger partial charge in [0.15, 0.2) is 23.2 Å². The predicted molar refractivity (Wildman–Crippen MR) is 113 cm³/mol. The van der Waals surface area contributed by atoms with Gasteiger partial charge in [0.05, 0.1) is 5.69 Å². The highest BCUT2D eigenvalue weighted by atomic mass is 32.1. The number of ether oxygens (including phenoxy) is 3. The molecule has 8 nitrogen and oxygen atoms in total. The van der Waals surface area contributed by atoms with Crippen molar-refractivity contribution in [2.45, 2.75) is 0 Å². The summed E-state index contributed by atoms with van der Waals surface area (Å²) in [5.41, 5.74) is 1.54. The normalized spacial score (nSPS) is 12.2. The van der Waals surface area contributed by atoms with Crippen LogP contribution in [-0.2, 0) is 14.3 Å². The van der Waals surface area contributed by atoms with Crippen molar-refractivity contribution in [3.8, 4) is 28.8 Å². The summed E-state index contributed by atoms with van der Waals surface area (Å²) in [6, 6.07) is 12.5. The Morgan fingerprint density at radius 3 is 2.78 bits per heavy atom. The minimum atomic E-state index is -0.938. The molecule has 0 bridgehead atoms. The number of nitriles is 1. The lowest BCUT2D eigenvalue weighted by Gasteiger charge is -2.04. The fraction of sp³-hybridized carbons (Fsp3) is 0.0909. The number of benzene rings is 2. The van der Waals surface area contributed by atoms with Gasteiger partial charge >= 0.3 is 5.97 Å². The Morgan fingerprint density at radius 1 is 1.22 bits per heavy atom. The lowest BCUT2D eigenvalue weighted by molar-refractivity contribution is -0.142. The zero-order chi connectivity index (χ0) is 22.5. The van der Waals surface area contributed by atoms with E-state index in [1.54, 1.807) is 41.8 Å². The van der Waals surface area contributed by atoms with Crippen LogP contribution in [0.15, 0.2) is 53.4 Å². The van der Waals surface area contributed by atoms with Gasteiger partial charge in [-0.1, -0.05) is 6.07 Å². The molecule has 1 N–H and O–H groups in total. The summed E-state index contributed by atoms with van der Waals surface area (Å²) in [5.74, 6) is -0.828. The van der Waals surface area contributed by atoms with Gasteiger partial charge in [-0.3, -0.25) is 10.1 Å². The van der Waals surface area contributed by atoms with E-state index in [1.807, 2.05) is 0 Å². The van der Waals surface area contributed by atoms with Crippen LogP contribution >= 0.6 is 11.3 Å². The topological polar surface area (TPSA) is 111 Å². The first-order valence-corrected chi connectivity index (χ1v) is 10.1. The van der Waals surface area contributed by atoms with Crippen LogP contribution in [0.4, 0.5) is 9.52 Å². The maximum absolute atomic E-state index is 13.0. The van der Waals surface area contributed by atoms with Gasteiger partial charge in [0.2, 0.25) is 6.79 Å². The van der Waals surface area contributed by atoms with Gasteiger partial charge in [0.1, 0.15) is 17.5 Å². The molecule has 0 spiro atoms. The quantitative estimate of drug-likeness (QED) is 0.345. The molecule has 2 heterocycles. The molecule has 1 aliphatic rings. The second kappa shape index (κ2) is 9.28. The molecule has 0 aliphatic carbocycles. The van der Waals surface area contributed by atoms with E-state index in [4.69, 9.17) is 14.2 Å². The van der Waals surface area contributed by atoms with Crippen molar-refractivity contribution in [2.24, 2.45) is 0 Å². The number of carbonyl (C=O) groups is 2. The smallest absolute Gasteiger partial charge is 0.349 e. The minimum Gasteiger partial charge on any atom is -0.454 e. The first-order chi connectivity index (χ1) is 15.5. The molecule has 0 radical (unpaired) electrons. The summed E-state index contributed by atoms with van der Waals surface area (Å²) in [5, 5.41) is 13.8. The molecule has 3 aromatic rings. The Bertz CT molecular complexity index is 1250. The van der Waals surface area contributed by atoms with E-state index in [2.05, 4.69) is 10.3 Å². The number of rotatable bonds is 6. The molecule has 1 amide bonds. The zero-order valence-corrected chi connectivity index (χ0v) is 17.1. The summed E-state index contributed by atoms with van der Waals surface area (Å²) in [6.07, 6.45) is 1.33. The number of esters is 1. The van der Waals surface area contributed by atoms with Crippen molar-refractivity contribution in [2.75, 3.05) is 18.7 Å². The number of hydrogen-bond donors (Lipinski definition) is 1. The monoisotopic (exact) mass is 451 g/mol. The van der Waals surface area contributed by atoms with Crippen LogP contribution in [0.2, 0.25) is 0 Å². The largest absolute Gasteiger partial charge is 0.454 e. The molecule has 0 saturated heterocycles. The fourth-order valence-corrected chi connectivity index (χ4v) is 3.49. The number of hydrogen-bond acceptors (Lipinski definition) is 8. The fourth-order valence-electron chi connectivity index (χ4n) is 2.76. The highest BCUT2D eigenvalue weighted by molar-refractivity contribution is 7.14. The average Bonchev–Trinajstić information content (AvgIpc) is 3.45. The lowest BCUT2D eigenvalue weighted by atomic mass is 10.1. The van der Waals surface area contributed by atoms with E-state index >= 15 is 0 Å². The molecule has 2 aromatic carbocycles. The van der Waals surface area contributed by atoms with Crippen molar-refractivity contribution >= 4 is 34.4 Å². The van der Waals surface area contributed by atoms with E-state index in [1.165, 1.54) is 29.5 Å². The third-order valence-electron chi connectivity index (χ3n) is 4.27. The number of carbonyl (C=O) groups excluding carboxylic acids is 2. The van der Waals surface area contributed by atoms with Gasteiger partial charge in [0.25, 0.3) is 5.91 Å². The summed E-state index contributed by atoms with van der Waals surface area (Å²) in [6.45, 7) is -0.486. The SMILES string of the molecule is N#CC(=Cc1ccc2c(c1)OCO2)C(=O)OCC(=O)Nc1nc(-c2ccc(F)cc2)cs1. The number of nitrogens with one attached hydrogen (secondary N) is 1. The number of nitrogens with zero attached hydrogens (tertiary/aromatic N) is 2. The van der Waals surface area contributed by atoms with Crippen LogP contribution in [0.3, 0.4) is 0 Å². The number of anilines is 1. The van der Waals surface area contributed by atoms with E-state index in [0.717, 1.165) is 0 Å². The third-order valence-corrected chi connectivity index (χ3v) is 5.03. The lowest BCUT2D eigenvalue weighted by Crippen LogP contribution is -2.21.